The predicted octanol–water partition coefficient (Wildman–Crippen LogP) is 4.11. The standard InChI is InChI=1S/C23H32N2O2/c26-23(25-15-2-1-3-16-25)12-9-19-7-10-21(11-8-19)27-22-13-17-24(18-14-22)20-5-4-6-20/h7-12,20,22H,1-6,13-18H2. The van der Waals surface area contributed by atoms with Gasteiger partial charge >= 0.3 is 0 Å². The monoisotopic (exact) mass is 368 g/mol. The fourth-order valence-electron chi connectivity index (χ4n) is 4.35. The van der Waals surface area contributed by atoms with E-state index < -0.39 is 0 Å². The van der Waals surface area contributed by atoms with Crippen molar-refractivity contribution < 1.29 is 9.53 Å². The number of amides is 1. The van der Waals surface area contributed by atoms with Crippen LogP contribution in [0, 0.1) is 0 Å². The van der Waals surface area contributed by atoms with E-state index in [-0.39, 0.29) is 5.91 Å². The number of hydrogen-bond donors (Lipinski definition) is 0. The van der Waals surface area contributed by atoms with Crippen LogP contribution >= 0.6 is 0 Å². The van der Waals surface area contributed by atoms with Crippen LogP contribution in [0.25, 0.3) is 6.08 Å². The lowest BCUT2D eigenvalue weighted by Crippen LogP contribution is -2.46. The molecule has 3 fully saturated rings. The number of rotatable bonds is 5. The Hall–Kier alpha value is -1.81. The van der Waals surface area contributed by atoms with Gasteiger partial charge < -0.3 is 14.5 Å². The molecule has 1 aliphatic carbocycles. The normalized spacial score (nSPS) is 22.7. The van der Waals surface area contributed by atoms with Crippen molar-refractivity contribution >= 4 is 12.0 Å². The zero-order valence-electron chi connectivity index (χ0n) is 16.3. The minimum absolute atomic E-state index is 0.133. The summed E-state index contributed by atoms with van der Waals surface area (Å²) in [6.45, 7) is 4.15. The Kier molecular flexibility index (Phi) is 6.13. The number of hydrogen-bond acceptors (Lipinski definition) is 3. The van der Waals surface area contributed by atoms with Crippen LogP contribution < -0.4 is 4.74 Å². The van der Waals surface area contributed by atoms with E-state index in [2.05, 4.69) is 4.90 Å². The molecular formula is C23H32N2O2. The van der Waals surface area contributed by atoms with Gasteiger partial charge in [-0.1, -0.05) is 18.6 Å². The topological polar surface area (TPSA) is 32.8 Å². The van der Waals surface area contributed by atoms with Crippen molar-refractivity contribution in [1.29, 1.82) is 0 Å². The van der Waals surface area contributed by atoms with Crippen LogP contribution in [-0.2, 0) is 4.79 Å². The fraction of sp³-hybridized carbons (Fsp3) is 0.609. The largest absolute Gasteiger partial charge is 0.490 e. The summed E-state index contributed by atoms with van der Waals surface area (Å²) in [5, 5.41) is 0. The zero-order valence-corrected chi connectivity index (χ0v) is 16.3. The first-order valence-electron chi connectivity index (χ1n) is 10.8. The molecule has 2 saturated heterocycles. The highest BCUT2D eigenvalue weighted by atomic mass is 16.5. The molecular weight excluding hydrogens is 336 g/mol. The predicted molar refractivity (Wildman–Crippen MR) is 109 cm³/mol. The van der Waals surface area contributed by atoms with E-state index >= 15 is 0 Å². The molecule has 1 aromatic rings. The first-order chi connectivity index (χ1) is 13.3. The Balaban J connectivity index is 1.24. The van der Waals surface area contributed by atoms with E-state index in [1.807, 2.05) is 35.2 Å². The van der Waals surface area contributed by atoms with Gasteiger partial charge in [-0.3, -0.25) is 4.79 Å². The Morgan fingerprint density at radius 2 is 1.59 bits per heavy atom. The molecule has 27 heavy (non-hydrogen) atoms. The number of carbonyl (C=O) groups excluding carboxylic acids is 1. The third-order valence-electron chi connectivity index (χ3n) is 6.34. The van der Waals surface area contributed by atoms with Crippen molar-refractivity contribution in [2.75, 3.05) is 26.2 Å². The highest BCUT2D eigenvalue weighted by molar-refractivity contribution is 5.91. The van der Waals surface area contributed by atoms with Crippen LogP contribution in [0.5, 0.6) is 5.75 Å². The van der Waals surface area contributed by atoms with Crippen LogP contribution in [0.15, 0.2) is 30.3 Å². The molecule has 1 saturated carbocycles. The Labute approximate surface area is 163 Å². The zero-order chi connectivity index (χ0) is 18.5. The van der Waals surface area contributed by atoms with Crippen LogP contribution in [0.2, 0.25) is 0 Å². The van der Waals surface area contributed by atoms with Crippen LogP contribution in [0.1, 0.15) is 56.9 Å². The second-order valence-electron chi connectivity index (χ2n) is 8.23. The number of benzene rings is 1. The molecule has 0 bridgehead atoms. The quantitative estimate of drug-likeness (QED) is 0.733. The van der Waals surface area contributed by atoms with E-state index in [0.717, 1.165) is 56.1 Å². The molecule has 4 nitrogen and oxygen atoms in total. The van der Waals surface area contributed by atoms with Crippen LogP contribution in [0.3, 0.4) is 0 Å². The summed E-state index contributed by atoms with van der Waals surface area (Å²) in [5.41, 5.74) is 1.05. The van der Waals surface area contributed by atoms with Gasteiger partial charge in [0.15, 0.2) is 0 Å². The number of carbonyl (C=O) groups is 1. The Bertz CT molecular complexity index is 637. The van der Waals surface area contributed by atoms with Gasteiger partial charge in [0.2, 0.25) is 5.91 Å². The summed E-state index contributed by atoms with van der Waals surface area (Å²) >= 11 is 0. The van der Waals surface area contributed by atoms with E-state index in [1.165, 1.54) is 38.8 Å². The third-order valence-corrected chi connectivity index (χ3v) is 6.34. The van der Waals surface area contributed by atoms with Gasteiger partial charge in [0.05, 0.1) is 0 Å². The van der Waals surface area contributed by atoms with E-state index in [0.29, 0.717) is 6.10 Å². The summed E-state index contributed by atoms with van der Waals surface area (Å²) in [4.78, 5) is 16.8. The number of likely N-dealkylation sites (tertiary alicyclic amines) is 2. The Morgan fingerprint density at radius 3 is 2.22 bits per heavy atom. The molecule has 0 radical (unpaired) electrons. The average molecular weight is 369 g/mol. The maximum atomic E-state index is 12.2. The van der Waals surface area contributed by atoms with Gasteiger partial charge in [-0.15, -0.1) is 0 Å². The molecule has 0 unspecified atom stereocenters. The molecule has 0 atom stereocenters. The highest BCUT2D eigenvalue weighted by Crippen LogP contribution is 2.28. The average Bonchev–Trinajstić information content (AvgIpc) is 2.68. The van der Waals surface area contributed by atoms with Crippen molar-refractivity contribution in [2.24, 2.45) is 0 Å². The molecule has 3 aliphatic rings. The van der Waals surface area contributed by atoms with Gasteiger partial charge in [-0.05, 0) is 68.7 Å². The van der Waals surface area contributed by atoms with Crippen LogP contribution in [-0.4, -0.2) is 54.0 Å². The molecule has 0 N–H and O–H groups in total. The third kappa shape index (κ3) is 4.92. The fourth-order valence-corrected chi connectivity index (χ4v) is 4.35. The van der Waals surface area contributed by atoms with Crippen molar-refractivity contribution in [2.45, 2.75) is 63.5 Å². The SMILES string of the molecule is O=C(C=Cc1ccc(OC2CCN(C3CCC3)CC2)cc1)N1CCCCC1. The number of nitrogens with zero attached hydrogens (tertiary/aromatic N) is 2. The first kappa shape index (κ1) is 18.5. The summed E-state index contributed by atoms with van der Waals surface area (Å²) in [5.74, 6) is 1.07. The molecule has 1 aromatic carbocycles. The van der Waals surface area contributed by atoms with Crippen molar-refractivity contribution in [3.05, 3.63) is 35.9 Å². The van der Waals surface area contributed by atoms with E-state index in [1.54, 1.807) is 6.08 Å². The highest BCUT2D eigenvalue weighted by Gasteiger charge is 2.29. The van der Waals surface area contributed by atoms with Gasteiger partial charge in [-0.2, -0.15) is 0 Å². The molecule has 2 heterocycles. The molecule has 4 rings (SSSR count). The molecule has 1 amide bonds. The Morgan fingerprint density at radius 1 is 0.889 bits per heavy atom. The molecule has 2 aliphatic heterocycles. The maximum Gasteiger partial charge on any atom is 0.246 e. The number of ether oxygens (including phenoxy) is 1. The van der Waals surface area contributed by atoms with Gasteiger partial charge in [0.1, 0.15) is 11.9 Å². The summed E-state index contributed by atoms with van der Waals surface area (Å²) < 4.78 is 6.18. The van der Waals surface area contributed by atoms with Gasteiger partial charge in [0.25, 0.3) is 0 Å². The molecule has 0 aromatic heterocycles. The molecule has 4 heteroatoms. The molecule has 146 valence electrons. The van der Waals surface area contributed by atoms with Crippen molar-refractivity contribution in [1.82, 2.24) is 9.80 Å². The summed E-state index contributed by atoms with van der Waals surface area (Å²) in [6, 6.07) is 8.99. The lowest BCUT2D eigenvalue weighted by atomic mass is 9.90. The minimum atomic E-state index is 0.133. The van der Waals surface area contributed by atoms with Crippen molar-refractivity contribution in [3.63, 3.8) is 0 Å². The summed E-state index contributed by atoms with van der Waals surface area (Å²) in [7, 11) is 0. The maximum absolute atomic E-state index is 12.2. The van der Waals surface area contributed by atoms with E-state index in [4.69, 9.17) is 4.74 Å². The van der Waals surface area contributed by atoms with Gasteiger partial charge in [-0.25, -0.2) is 0 Å². The van der Waals surface area contributed by atoms with Gasteiger partial charge in [0, 0.05) is 38.3 Å². The lowest BCUT2D eigenvalue weighted by Gasteiger charge is -2.41. The van der Waals surface area contributed by atoms with E-state index in [9.17, 15) is 4.79 Å². The van der Waals surface area contributed by atoms with Crippen LogP contribution in [0.4, 0.5) is 0 Å². The van der Waals surface area contributed by atoms with Crippen molar-refractivity contribution in [3.8, 4) is 5.75 Å². The second-order valence-corrected chi connectivity index (χ2v) is 8.23. The first-order valence-corrected chi connectivity index (χ1v) is 10.8. The minimum Gasteiger partial charge on any atom is -0.490 e. The molecule has 0 spiro atoms. The second kappa shape index (κ2) is 8.92. The smallest absolute Gasteiger partial charge is 0.246 e. The lowest BCUT2D eigenvalue weighted by molar-refractivity contribution is -0.126. The summed E-state index contributed by atoms with van der Waals surface area (Å²) in [6.07, 6.45) is 13.9. The number of piperidine rings is 2.